The molecule has 11 heteroatoms. The zero-order chi connectivity index (χ0) is 23.4. The Kier molecular flexibility index (Phi) is 6.80. The molecular formula is C21H17F3N2O5S. The minimum Gasteiger partial charge on any atom is -0.376 e. The molecule has 2 aromatic carbocycles. The molecule has 0 aliphatic heterocycles. The van der Waals surface area contributed by atoms with Crippen LogP contribution in [-0.4, -0.2) is 25.3 Å². The number of hydrogen-bond acceptors (Lipinski definition) is 6. The molecule has 0 fully saturated rings. The summed E-state index contributed by atoms with van der Waals surface area (Å²) in [7, 11) is -5.78. The number of anilines is 1. The molecule has 168 valence electrons. The van der Waals surface area contributed by atoms with Crippen molar-refractivity contribution >= 4 is 22.2 Å². The lowest BCUT2D eigenvalue weighted by molar-refractivity contribution is -0.116. The number of nitrogens with zero attached hydrogens (tertiary/aromatic N) is 2. The van der Waals surface area contributed by atoms with E-state index in [1.165, 1.54) is 24.5 Å². The van der Waals surface area contributed by atoms with Gasteiger partial charge < -0.3 is 4.18 Å². The highest BCUT2D eigenvalue weighted by Crippen LogP contribution is 2.33. The lowest BCUT2D eigenvalue weighted by Gasteiger charge is -2.23. The summed E-state index contributed by atoms with van der Waals surface area (Å²) in [6, 6.07) is 15.6. The van der Waals surface area contributed by atoms with Gasteiger partial charge in [0.2, 0.25) is 6.41 Å². The number of carbonyl (C=O) groups is 1. The molecule has 3 aromatic rings. The smallest absolute Gasteiger partial charge is 0.376 e. The molecule has 0 unspecified atom stereocenters. The van der Waals surface area contributed by atoms with E-state index >= 15 is 0 Å². The van der Waals surface area contributed by atoms with Crippen molar-refractivity contribution < 1.29 is 35.4 Å². The van der Waals surface area contributed by atoms with Crippen LogP contribution in [0.1, 0.15) is 18.6 Å². The van der Waals surface area contributed by atoms with Gasteiger partial charge in [-0.05, 0) is 36.2 Å². The highest BCUT2D eigenvalue weighted by molar-refractivity contribution is 7.88. The van der Waals surface area contributed by atoms with Gasteiger partial charge in [0.1, 0.15) is 11.9 Å². The molecule has 1 amide bonds. The van der Waals surface area contributed by atoms with Crippen molar-refractivity contribution in [3.8, 4) is 16.9 Å². The summed E-state index contributed by atoms with van der Waals surface area (Å²) >= 11 is 0. The van der Waals surface area contributed by atoms with Gasteiger partial charge in [0.15, 0.2) is 0 Å². The monoisotopic (exact) mass is 466 g/mol. The second-order valence-electron chi connectivity index (χ2n) is 6.49. The maximum Gasteiger partial charge on any atom is 0.534 e. The first-order chi connectivity index (χ1) is 15.1. The highest BCUT2D eigenvalue weighted by Gasteiger charge is 2.48. The van der Waals surface area contributed by atoms with Gasteiger partial charge in [0.25, 0.3) is 0 Å². The minimum absolute atomic E-state index is 0.280. The summed E-state index contributed by atoms with van der Waals surface area (Å²) in [6.07, 6.45) is 2.84. The molecule has 0 radical (unpaired) electrons. The van der Waals surface area contributed by atoms with Gasteiger partial charge in [0.05, 0.1) is 11.9 Å². The summed E-state index contributed by atoms with van der Waals surface area (Å²) in [5.74, 6) is -0.511. The fraction of sp³-hybridized carbons (Fsp3) is 0.143. The third kappa shape index (κ3) is 5.24. The predicted molar refractivity (Wildman–Crippen MR) is 110 cm³/mol. The van der Waals surface area contributed by atoms with Gasteiger partial charge >= 0.3 is 15.6 Å². The third-order valence-corrected chi connectivity index (χ3v) is 5.31. The molecule has 1 aromatic heterocycles. The number of carbonyl (C=O) groups excluding carboxylic acids is 1. The molecule has 0 aliphatic rings. The van der Waals surface area contributed by atoms with E-state index < -0.39 is 27.5 Å². The Morgan fingerprint density at radius 1 is 1.03 bits per heavy atom. The molecule has 0 aliphatic carbocycles. The zero-order valence-corrected chi connectivity index (χ0v) is 17.4. The number of rotatable bonds is 8. The first kappa shape index (κ1) is 23.2. The number of halogens is 3. The van der Waals surface area contributed by atoms with E-state index in [0.717, 1.165) is 22.8 Å². The molecule has 1 atom stereocenters. The standard InChI is InChI=1S/C21H17F3N2O5S/c1-15(16-5-3-2-4-6-16)30-26(14-27)20-13-25-12-11-19(20)17-7-9-18(10-8-17)31-32(28,29)21(22,23)24/h2-15H,1H3/t15-/m1/s1. The van der Waals surface area contributed by atoms with Gasteiger partial charge in [-0.25, -0.2) is 0 Å². The summed E-state index contributed by atoms with van der Waals surface area (Å²) < 4.78 is 63.9. The summed E-state index contributed by atoms with van der Waals surface area (Å²) in [6.45, 7) is 1.76. The lowest BCUT2D eigenvalue weighted by atomic mass is 10.1. The van der Waals surface area contributed by atoms with Crippen molar-refractivity contribution in [3.05, 3.63) is 78.6 Å². The van der Waals surface area contributed by atoms with Crippen molar-refractivity contribution in [3.63, 3.8) is 0 Å². The maximum absolute atomic E-state index is 12.5. The van der Waals surface area contributed by atoms with Crippen LogP contribution < -0.4 is 9.25 Å². The van der Waals surface area contributed by atoms with Crippen LogP contribution in [0.2, 0.25) is 0 Å². The normalized spacial score (nSPS) is 12.8. The van der Waals surface area contributed by atoms with Crippen LogP contribution in [-0.2, 0) is 19.8 Å². The topological polar surface area (TPSA) is 85.8 Å². The Labute approximate surface area is 182 Å². The Morgan fingerprint density at radius 3 is 2.28 bits per heavy atom. The Hall–Kier alpha value is -3.44. The molecule has 0 N–H and O–H groups in total. The van der Waals surface area contributed by atoms with E-state index in [0.29, 0.717) is 17.5 Å². The molecule has 1 heterocycles. The van der Waals surface area contributed by atoms with Crippen molar-refractivity contribution in [1.82, 2.24) is 4.98 Å². The molecule has 0 saturated heterocycles. The zero-order valence-electron chi connectivity index (χ0n) is 16.6. The Bertz CT molecular complexity index is 1170. The first-order valence-corrected chi connectivity index (χ1v) is 10.5. The number of hydrogen-bond donors (Lipinski definition) is 0. The summed E-state index contributed by atoms with van der Waals surface area (Å²) in [5.41, 5.74) is -3.50. The predicted octanol–water partition coefficient (Wildman–Crippen LogP) is 4.63. The van der Waals surface area contributed by atoms with Gasteiger partial charge in [0, 0.05) is 11.8 Å². The second kappa shape index (κ2) is 9.37. The fourth-order valence-corrected chi connectivity index (χ4v) is 3.22. The van der Waals surface area contributed by atoms with Crippen LogP contribution in [0.25, 0.3) is 11.1 Å². The number of hydroxylamine groups is 1. The van der Waals surface area contributed by atoms with E-state index in [-0.39, 0.29) is 5.69 Å². The van der Waals surface area contributed by atoms with Crippen molar-refractivity contribution in [1.29, 1.82) is 0 Å². The largest absolute Gasteiger partial charge is 0.534 e. The maximum atomic E-state index is 12.5. The van der Waals surface area contributed by atoms with Crippen molar-refractivity contribution in [2.75, 3.05) is 5.06 Å². The molecule has 3 rings (SSSR count). The van der Waals surface area contributed by atoms with E-state index in [9.17, 15) is 26.4 Å². The van der Waals surface area contributed by atoms with Crippen molar-refractivity contribution in [2.24, 2.45) is 0 Å². The average molecular weight is 466 g/mol. The average Bonchev–Trinajstić information content (AvgIpc) is 2.77. The van der Waals surface area contributed by atoms with E-state index in [4.69, 9.17) is 4.84 Å². The molecule has 7 nitrogen and oxygen atoms in total. The quantitative estimate of drug-likeness (QED) is 0.208. The second-order valence-corrected chi connectivity index (χ2v) is 8.03. The molecule has 0 bridgehead atoms. The molecule has 0 spiro atoms. The minimum atomic E-state index is -5.78. The number of pyridine rings is 1. The fourth-order valence-electron chi connectivity index (χ4n) is 2.76. The summed E-state index contributed by atoms with van der Waals surface area (Å²) in [4.78, 5) is 21.5. The number of alkyl halides is 3. The lowest BCUT2D eigenvalue weighted by Crippen LogP contribution is -2.28. The van der Waals surface area contributed by atoms with Crippen LogP contribution >= 0.6 is 0 Å². The van der Waals surface area contributed by atoms with E-state index in [1.807, 2.05) is 30.3 Å². The summed E-state index contributed by atoms with van der Waals surface area (Å²) in [5, 5.41) is 0.999. The molecular weight excluding hydrogens is 449 g/mol. The van der Waals surface area contributed by atoms with Gasteiger partial charge in [-0.15, -0.1) is 0 Å². The van der Waals surface area contributed by atoms with Crippen LogP contribution in [0.15, 0.2) is 73.1 Å². The number of amides is 1. The van der Waals surface area contributed by atoms with Crippen LogP contribution in [0.4, 0.5) is 18.9 Å². The first-order valence-electron chi connectivity index (χ1n) is 9.14. The van der Waals surface area contributed by atoms with Crippen LogP contribution in [0.3, 0.4) is 0 Å². The van der Waals surface area contributed by atoms with Crippen molar-refractivity contribution in [2.45, 2.75) is 18.5 Å². The third-order valence-electron chi connectivity index (χ3n) is 4.33. The van der Waals surface area contributed by atoms with Gasteiger partial charge in [-0.1, -0.05) is 42.5 Å². The van der Waals surface area contributed by atoms with Crippen LogP contribution in [0, 0.1) is 0 Å². The highest BCUT2D eigenvalue weighted by atomic mass is 32.2. The number of aromatic nitrogens is 1. The van der Waals surface area contributed by atoms with Gasteiger partial charge in [-0.2, -0.15) is 26.7 Å². The van der Waals surface area contributed by atoms with E-state index in [2.05, 4.69) is 9.17 Å². The molecule has 0 saturated carbocycles. The molecule has 32 heavy (non-hydrogen) atoms. The number of benzene rings is 2. The Balaban J connectivity index is 1.86. The SMILES string of the molecule is C[C@@H](ON(C=O)c1cnccc1-c1ccc(OS(=O)(=O)C(F)(F)F)cc1)c1ccccc1. The van der Waals surface area contributed by atoms with Crippen LogP contribution in [0.5, 0.6) is 5.75 Å². The Morgan fingerprint density at radius 2 is 1.69 bits per heavy atom. The van der Waals surface area contributed by atoms with E-state index in [1.54, 1.807) is 13.0 Å². The van der Waals surface area contributed by atoms with Gasteiger partial charge in [-0.3, -0.25) is 14.6 Å².